The molecule has 104 valence electrons. The van der Waals surface area contributed by atoms with Crippen LogP contribution in [0.2, 0.25) is 0 Å². The summed E-state index contributed by atoms with van der Waals surface area (Å²) >= 11 is 0. The van der Waals surface area contributed by atoms with Crippen molar-refractivity contribution in [1.82, 2.24) is 10.6 Å². The number of hydrogen-bond donors (Lipinski definition) is 3. The van der Waals surface area contributed by atoms with E-state index in [0.29, 0.717) is 24.5 Å². The second-order valence-corrected chi connectivity index (χ2v) is 4.07. The molecule has 0 aliphatic rings. The van der Waals surface area contributed by atoms with Gasteiger partial charge in [-0.2, -0.15) is 0 Å². The highest BCUT2D eigenvalue weighted by Gasteiger charge is 2.06. The van der Waals surface area contributed by atoms with Gasteiger partial charge < -0.3 is 20.7 Å². The second kappa shape index (κ2) is 7.25. The van der Waals surface area contributed by atoms with Crippen LogP contribution >= 0.6 is 0 Å². The van der Waals surface area contributed by atoms with E-state index < -0.39 is 0 Å². The first-order chi connectivity index (χ1) is 9.02. The van der Waals surface area contributed by atoms with E-state index in [1.165, 1.54) is 6.92 Å². The van der Waals surface area contributed by atoms with Crippen molar-refractivity contribution in [2.24, 2.45) is 0 Å². The van der Waals surface area contributed by atoms with Crippen LogP contribution in [0, 0.1) is 6.92 Å². The minimum absolute atomic E-state index is 0.123. The number of rotatable bonds is 5. The van der Waals surface area contributed by atoms with E-state index in [2.05, 4.69) is 16.0 Å². The summed E-state index contributed by atoms with van der Waals surface area (Å²) in [6.45, 7) is 4.12. The van der Waals surface area contributed by atoms with Crippen LogP contribution in [0.15, 0.2) is 18.2 Å². The maximum Gasteiger partial charge on any atom is 0.319 e. The molecular formula is C13H19N3O3. The van der Waals surface area contributed by atoms with Crippen molar-refractivity contribution in [3.05, 3.63) is 23.8 Å². The van der Waals surface area contributed by atoms with Gasteiger partial charge in [-0.05, 0) is 24.6 Å². The lowest BCUT2D eigenvalue weighted by Gasteiger charge is -2.12. The molecule has 0 spiro atoms. The van der Waals surface area contributed by atoms with E-state index in [0.717, 1.165) is 5.56 Å². The number of urea groups is 1. The van der Waals surface area contributed by atoms with Gasteiger partial charge in [-0.15, -0.1) is 0 Å². The average molecular weight is 265 g/mol. The Labute approximate surface area is 112 Å². The van der Waals surface area contributed by atoms with E-state index in [1.807, 2.05) is 19.1 Å². The number of anilines is 1. The van der Waals surface area contributed by atoms with Gasteiger partial charge in [0.1, 0.15) is 5.75 Å². The molecule has 19 heavy (non-hydrogen) atoms. The molecular weight excluding hydrogens is 246 g/mol. The highest BCUT2D eigenvalue weighted by Crippen LogP contribution is 2.24. The Bertz CT molecular complexity index is 460. The lowest BCUT2D eigenvalue weighted by molar-refractivity contribution is -0.118. The summed E-state index contributed by atoms with van der Waals surface area (Å²) in [6.07, 6.45) is 0. The third-order valence-electron chi connectivity index (χ3n) is 2.39. The van der Waals surface area contributed by atoms with Gasteiger partial charge in [-0.1, -0.05) is 6.07 Å². The van der Waals surface area contributed by atoms with E-state index in [-0.39, 0.29) is 11.9 Å². The van der Waals surface area contributed by atoms with Crippen molar-refractivity contribution in [1.29, 1.82) is 0 Å². The number of methoxy groups -OCH3 is 1. The minimum Gasteiger partial charge on any atom is -0.495 e. The molecule has 0 radical (unpaired) electrons. The van der Waals surface area contributed by atoms with Gasteiger partial charge >= 0.3 is 6.03 Å². The first-order valence-corrected chi connectivity index (χ1v) is 5.97. The first kappa shape index (κ1) is 14.8. The fraction of sp³-hybridized carbons (Fsp3) is 0.385. The topological polar surface area (TPSA) is 79.5 Å². The molecule has 0 saturated carbocycles. The van der Waals surface area contributed by atoms with Crippen LogP contribution in [-0.2, 0) is 4.79 Å². The number of carbonyl (C=O) groups is 2. The SMILES string of the molecule is COc1ccc(C)cc1NC(=O)NCCNC(C)=O. The van der Waals surface area contributed by atoms with Gasteiger partial charge in [-0.3, -0.25) is 4.79 Å². The summed E-state index contributed by atoms with van der Waals surface area (Å²) in [7, 11) is 1.55. The standard InChI is InChI=1S/C13H19N3O3/c1-9-4-5-12(19-3)11(8-9)16-13(18)15-7-6-14-10(2)17/h4-5,8H,6-7H2,1-3H3,(H,14,17)(H2,15,16,18). The molecule has 0 aliphatic carbocycles. The maximum absolute atomic E-state index is 11.6. The van der Waals surface area contributed by atoms with Gasteiger partial charge in [0.05, 0.1) is 12.8 Å². The number of aryl methyl sites for hydroxylation is 1. The summed E-state index contributed by atoms with van der Waals surface area (Å²) in [6, 6.07) is 5.18. The molecule has 6 heteroatoms. The lowest BCUT2D eigenvalue weighted by Crippen LogP contribution is -2.36. The Morgan fingerprint density at radius 2 is 1.89 bits per heavy atom. The van der Waals surface area contributed by atoms with E-state index in [9.17, 15) is 9.59 Å². The molecule has 1 rings (SSSR count). The predicted molar refractivity (Wildman–Crippen MR) is 73.4 cm³/mol. The number of amides is 3. The van der Waals surface area contributed by atoms with Gasteiger partial charge in [0.2, 0.25) is 5.91 Å². The van der Waals surface area contributed by atoms with Crippen LogP contribution in [0.5, 0.6) is 5.75 Å². The Morgan fingerprint density at radius 3 is 2.53 bits per heavy atom. The Morgan fingerprint density at radius 1 is 1.21 bits per heavy atom. The van der Waals surface area contributed by atoms with Gasteiger partial charge in [-0.25, -0.2) is 4.79 Å². The molecule has 0 aliphatic heterocycles. The quantitative estimate of drug-likeness (QED) is 0.701. The first-order valence-electron chi connectivity index (χ1n) is 5.97. The monoisotopic (exact) mass is 265 g/mol. The summed E-state index contributed by atoms with van der Waals surface area (Å²) in [4.78, 5) is 22.3. The van der Waals surface area contributed by atoms with Crippen LogP contribution in [0.1, 0.15) is 12.5 Å². The average Bonchev–Trinajstić information content (AvgIpc) is 2.35. The van der Waals surface area contributed by atoms with Crippen molar-refractivity contribution >= 4 is 17.6 Å². The van der Waals surface area contributed by atoms with Crippen molar-refractivity contribution < 1.29 is 14.3 Å². The molecule has 0 unspecified atom stereocenters. The molecule has 1 aromatic rings. The van der Waals surface area contributed by atoms with Crippen molar-refractivity contribution in [3.63, 3.8) is 0 Å². The molecule has 0 saturated heterocycles. The van der Waals surface area contributed by atoms with E-state index >= 15 is 0 Å². The third kappa shape index (κ3) is 5.29. The smallest absolute Gasteiger partial charge is 0.319 e. The van der Waals surface area contributed by atoms with Crippen molar-refractivity contribution in [2.45, 2.75) is 13.8 Å². The highest BCUT2D eigenvalue weighted by molar-refractivity contribution is 5.91. The molecule has 0 fully saturated rings. The molecule has 3 N–H and O–H groups in total. The summed E-state index contributed by atoms with van der Waals surface area (Å²) < 4.78 is 5.16. The Kier molecular flexibility index (Phi) is 5.66. The number of carbonyl (C=O) groups excluding carboxylic acids is 2. The molecule has 0 bridgehead atoms. The Hall–Kier alpha value is -2.24. The van der Waals surface area contributed by atoms with Gasteiger partial charge in [0.15, 0.2) is 0 Å². The highest BCUT2D eigenvalue weighted by atomic mass is 16.5. The van der Waals surface area contributed by atoms with Crippen LogP contribution in [0.3, 0.4) is 0 Å². The largest absolute Gasteiger partial charge is 0.495 e. The minimum atomic E-state index is -0.339. The number of benzene rings is 1. The molecule has 0 atom stereocenters. The molecule has 0 aromatic heterocycles. The Balaban J connectivity index is 2.47. The van der Waals surface area contributed by atoms with Gasteiger partial charge in [0.25, 0.3) is 0 Å². The predicted octanol–water partition coefficient (Wildman–Crippen LogP) is 1.26. The van der Waals surface area contributed by atoms with E-state index in [4.69, 9.17) is 4.74 Å². The van der Waals surface area contributed by atoms with Crippen LogP contribution < -0.4 is 20.7 Å². The zero-order chi connectivity index (χ0) is 14.3. The molecule has 0 heterocycles. The third-order valence-corrected chi connectivity index (χ3v) is 2.39. The molecule has 6 nitrogen and oxygen atoms in total. The zero-order valence-electron chi connectivity index (χ0n) is 11.4. The van der Waals surface area contributed by atoms with Crippen LogP contribution in [0.25, 0.3) is 0 Å². The normalized spacial score (nSPS) is 9.63. The van der Waals surface area contributed by atoms with Crippen molar-refractivity contribution in [2.75, 3.05) is 25.5 Å². The van der Waals surface area contributed by atoms with E-state index in [1.54, 1.807) is 13.2 Å². The summed E-state index contributed by atoms with van der Waals surface area (Å²) in [5.41, 5.74) is 1.63. The maximum atomic E-state index is 11.6. The zero-order valence-corrected chi connectivity index (χ0v) is 11.4. The fourth-order valence-electron chi connectivity index (χ4n) is 1.50. The fourth-order valence-corrected chi connectivity index (χ4v) is 1.50. The second-order valence-electron chi connectivity index (χ2n) is 4.07. The number of hydrogen-bond acceptors (Lipinski definition) is 3. The number of nitrogens with one attached hydrogen (secondary N) is 3. The van der Waals surface area contributed by atoms with Crippen LogP contribution in [-0.4, -0.2) is 32.1 Å². The van der Waals surface area contributed by atoms with Gasteiger partial charge in [0, 0.05) is 20.0 Å². The molecule has 3 amide bonds. The lowest BCUT2D eigenvalue weighted by atomic mass is 10.2. The number of ether oxygens (including phenoxy) is 1. The van der Waals surface area contributed by atoms with Crippen molar-refractivity contribution in [3.8, 4) is 5.75 Å². The van der Waals surface area contributed by atoms with Crippen LogP contribution in [0.4, 0.5) is 10.5 Å². The summed E-state index contributed by atoms with van der Waals surface area (Å²) in [5.74, 6) is 0.477. The summed E-state index contributed by atoms with van der Waals surface area (Å²) in [5, 5.41) is 7.93. The molecule has 1 aromatic carbocycles.